The number of amides is 1. The lowest BCUT2D eigenvalue weighted by molar-refractivity contribution is -0.0156. The first kappa shape index (κ1) is 19.9. The lowest BCUT2D eigenvalue weighted by atomic mass is 10.2. The highest BCUT2D eigenvalue weighted by atomic mass is 32.2. The number of aromatic nitrogens is 1. The number of carbonyl (C=O) groups is 1. The number of aryl methyl sites for hydroxylation is 1. The third-order valence-corrected chi connectivity index (χ3v) is 6.01. The average Bonchev–Trinajstić information content (AvgIpc) is 2.89. The van der Waals surface area contributed by atoms with Crippen LogP contribution in [0.4, 0.5) is 0 Å². The molecule has 1 amide bonds. The van der Waals surface area contributed by atoms with E-state index in [9.17, 15) is 13.2 Å². The van der Waals surface area contributed by atoms with Crippen LogP contribution in [0.2, 0.25) is 0 Å². The van der Waals surface area contributed by atoms with Gasteiger partial charge in [0.25, 0.3) is 5.91 Å². The van der Waals surface area contributed by atoms with Crippen LogP contribution in [0.25, 0.3) is 0 Å². The molecule has 2 rings (SSSR count). The second-order valence-corrected chi connectivity index (χ2v) is 9.18. The fourth-order valence-electron chi connectivity index (χ4n) is 2.74. The van der Waals surface area contributed by atoms with Crippen LogP contribution >= 0.6 is 0 Å². The van der Waals surface area contributed by atoms with Crippen molar-refractivity contribution in [3.63, 3.8) is 0 Å². The number of nitrogens with two attached hydrogens (primary N) is 1. The summed E-state index contributed by atoms with van der Waals surface area (Å²) in [5, 5.41) is 0. The molecule has 0 bridgehead atoms. The number of rotatable bonds is 6. The van der Waals surface area contributed by atoms with Crippen LogP contribution in [0.3, 0.4) is 0 Å². The van der Waals surface area contributed by atoms with E-state index < -0.39 is 15.9 Å². The number of ether oxygens (including phenoxy) is 1. The zero-order valence-corrected chi connectivity index (χ0v) is 16.2. The molecule has 1 aliphatic rings. The molecule has 8 nitrogen and oxygen atoms in total. The van der Waals surface area contributed by atoms with Gasteiger partial charge in [-0.25, -0.2) is 8.42 Å². The molecule has 0 saturated carbocycles. The smallest absolute Gasteiger partial charge is 0.265 e. The molecular weight excluding hydrogens is 344 g/mol. The number of carbonyl (C=O) groups excluding carboxylic acids is 1. The molecule has 1 saturated heterocycles. The summed E-state index contributed by atoms with van der Waals surface area (Å²) >= 11 is 0. The molecule has 0 atom stereocenters. The fourth-order valence-corrected chi connectivity index (χ4v) is 4.24. The maximum Gasteiger partial charge on any atom is 0.265 e. The minimum absolute atomic E-state index is 0.105. The van der Waals surface area contributed by atoms with Crippen LogP contribution in [0.15, 0.2) is 17.2 Å². The third-order valence-electron chi connectivity index (χ3n) is 4.14. The Hall–Kier alpha value is -1.42. The molecule has 1 aromatic rings. The van der Waals surface area contributed by atoms with E-state index in [0.717, 1.165) is 6.54 Å². The molecule has 2 heterocycles. The number of hydrogen-bond acceptors (Lipinski definition) is 5. The van der Waals surface area contributed by atoms with E-state index in [2.05, 4.69) is 4.90 Å². The van der Waals surface area contributed by atoms with Gasteiger partial charge in [0.1, 0.15) is 10.6 Å². The highest BCUT2D eigenvalue weighted by molar-refractivity contribution is 7.89. The molecule has 0 unspecified atom stereocenters. The van der Waals surface area contributed by atoms with E-state index in [1.54, 1.807) is 7.05 Å². The first-order valence-electron chi connectivity index (χ1n) is 8.33. The van der Waals surface area contributed by atoms with Crippen molar-refractivity contribution < 1.29 is 17.9 Å². The van der Waals surface area contributed by atoms with Gasteiger partial charge in [0.2, 0.25) is 10.0 Å². The first-order valence-corrected chi connectivity index (χ1v) is 9.77. The van der Waals surface area contributed by atoms with Gasteiger partial charge in [-0.1, -0.05) is 0 Å². The number of primary amides is 1. The maximum atomic E-state index is 12.7. The Morgan fingerprint density at radius 3 is 2.32 bits per heavy atom. The van der Waals surface area contributed by atoms with Crippen LogP contribution in [-0.2, 0) is 21.8 Å². The Kier molecular flexibility index (Phi) is 5.93. The summed E-state index contributed by atoms with van der Waals surface area (Å²) in [6.07, 6.45) is 1.43. The largest absolute Gasteiger partial charge is 0.375 e. The van der Waals surface area contributed by atoms with Crippen molar-refractivity contribution >= 4 is 15.9 Å². The average molecular weight is 372 g/mol. The van der Waals surface area contributed by atoms with Gasteiger partial charge in [0.05, 0.1) is 12.2 Å². The highest BCUT2D eigenvalue weighted by Gasteiger charge is 2.30. The summed E-state index contributed by atoms with van der Waals surface area (Å²) in [5.41, 5.74) is 5.27. The van der Waals surface area contributed by atoms with Gasteiger partial charge in [-0.05, 0) is 26.8 Å². The number of hydrogen-bond donors (Lipinski definition) is 1. The standard InChI is InChI=1S/C16H28N4O4S/c1-16(2,3)24-10-9-19-5-7-20(8-6-19)25(22,23)13-11-14(15(17)21)18(4)12-13/h11-12H,5-10H2,1-4H3,(H2,17,21). The summed E-state index contributed by atoms with van der Waals surface area (Å²) in [7, 11) is -2.01. The Morgan fingerprint density at radius 2 is 1.84 bits per heavy atom. The SMILES string of the molecule is Cn1cc(S(=O)(=O)N2CCN(CCOC(C)(C)C)CC2)cc1C(N)=O. The monoisotopic (exact) mass is 372 g/mol. The van der Waals surface area contributed by atoms with Gasteiger partial charge in [-0.2, -0.15) is 4.31 Å². The van der Waals surface area contributed by atoms with E-state index in [-0.39, 0.29) is 16.2 Å². The van der Waals surface area contributed by atoms with E-state index in [0.29, 0.717) is 32.8 Å². The van der Waals surface area contributed by atoms with Crippen molar-refractivity contribution in [2.75, 3.05) is 39.3 Å². The first-order chi connectivity index (χ1) is 11.5. The van der Waals surface area contributed by atoms with Crippen LogP contribution in [0, 0.1) is 0 Å². The van der Waals surface area contributed by atoms with Crippen molar-refractivity contribution in [1.82, 2.24) is 13.8 Å². The van der Waals surface area contributed by atoms with Crippen molar-refractivity contribution in [1.29, 1.82) is 0 Å². The molecule has 0 spiro atoms. The predicted molar refractivity (Wildman–Crippen MR) is 94.8 cm³/mol. The summed E-state index contributed by atoms with van der Waals surface area (Å²) < 4.78 is 34.1. The zero-order chi connectivity index (χ0) is 18.8. The minimum Gasteiger partial charge on any atom is -0.375 e. The minimum atomic E-state index is -3.62. The summed E-state index contributed by atoms with van der Waals surface area (Å²) in [6, 6.07) is 1.33. The van der Waals surface area contributed by atoms with Crippen molar-refractivity contribution in [3.05, 3.63) is 18.0 Å². The van der Waals surface area contributed by atoms with Crippen LogP contribution < -0.4 is 5.73 Å². The zero-order valence-electron chi connectivity index (χ0n) is 15.4. The van der Waals surface area contributed by atoms with Crippen molar-refractivity contribution in [2.45, 2.75) is 31.3 Å². The number of piperazine rings is 1. The quantitative estimate of drug-likeness (QED) is 0.772. The second-order valence-electron chi connectivity index (χ2n) is 7.24. The van der Waals surface area contributed by atoms with Gasteiger partial charge < -0.3 is 15.0 Å². The van der Waals surface area contributed by atoms with Gasteiger partial charge >= 0.3 is 0 Å². The predicted octanol–water partition coefficient (Wildman–Crippen LogP) is 0.245. The van der Waals surface area contributed by atoms with Crippen molar-refractivity contribution in [2.24, 2.45) is 12.8 Å². The van der Waals surface area contributed by atoms with Gasteiger partial charge in [0, 0.05) is 46.0 Å². The van der Waals surface area contributed by atoms with Gasteiger partial charge in [-0.15, -0.1) is 0 Å². The molecule has 0 radical (unpaired) electrons. The van der Waals surface area contributed by atoms with Crippen LogP contribution in [0.5, 0.6) is 0 Å². The number of nitrogens with zero attached hydrogens (tertiary/aromatic N) is 3. The molecule has 1 aliphatic heterocycles. The Bertz CT molecular complexity index is 713. The molecule has 1 aromatic heterocycles. The molecule has 142 valence electrons. The lowest BCUT2D eigenvalue weighted by Crippen LogP contribution is -2.49. The molecule has 9 heteroatoms. The van der Waals surface area contributed by atoms with Gasteiger partial charge in [0.15, 0.2) is 0 Å². The normalized spacial score (nSPS) is 17.8. The fraction of sp³-hybridized carbons (Fsp3) is 0.688. The molecule has 0 aromatic carbocycles. The molecule has 25 heavy (non-hydrogen) atoms. The van der Waals surface area contributed by atoms with E-state index in [1.165, 1.54) is 21.1 Å². The highest BCUT2D eigenvalue weighted by Crippen LogP contribution is 2.20. The summed E-state index contributed by atoms with van der Waals surface area (Å²) in [4.78, 5) is 13.6. The Morgan fingerprint density at radius 1 is 1.24 bits per heavy atom. The van der Waals surface area contributed by atoms with Crippen LogP contribution in [0.1, 0.15) is 31.3 Å². The van der Waals surface area contributed by atoms with E-state index in [4.69, 9.17) is 10.5 Å². The van der Waals surface area contributed by atoms with Crippen LogP contribution in [-0.4, -0.2) is 73.0 Å². The molecular formula is C16H28N4O4S. The molecule has 0 aliphatic carbocycles. The molecule has 1 fully saturated rings. The maximum absolute atomic E-state index is 12.7. The summed E-state index contributed by atoms with van der Waals surface area (Å²) in [5.74, 6) is -0.646. The van der Waals surface area contributed by atoms with E-state index in [1.807, 2.05) is 20.8 Å². The number of sulfonamides is 1. The van der Waals surface area contributed by atoms with Crippen molar-refractivity contribution in [3.8, 4) is 0 Å². The topological polar surface area (TPSA) is 97.9 Å². The van der Waals surface area contributed by atoms with Gasteiger partial charge in [-0.3, -0.25) is 9.69 Å². The third kappa shape index (κ3) is 5.04. The Labute approximate surface area is 149 Å². The molecule has 2 N–H and O–H groups in total. The summed E-state index contributed by atoms with van der Waals surface area (Å²) in [6.45, 7) is 9.58. The second kappa shape index (κ2) is 7.45. The lowest BCUT2D eigenvalue weighted by Gasteiger charge is -2.34. The van der Waals surface area contributed by atoms with E-state index >= 15 is 0 Å². The Balaban J connectivity index is 1.95.